The first-order valence-corrected chi connectivity index (χ1v) is 17.9. The molecule has 1 aromatic carbocycles. The van der Waals surface area contributed by atoms with Crippen LogP contribution in [0.2, 0.25) is 10.0 Å². The second-order valence-electron chi connectivity index (χ2n) is 18.0. The average molecular weight is 625 g/mol. The van der Waals surface area contributed by atoms with Crippen LogP contribution in [0.25, 0.3) is 0 Å². The largest absolute Gasteiger partial charge is 0.377 e. The average Bonchev–Trinajstić information content (AvgIpc) is 3.49. The summed E-state index contributed by atoms with van der Waals surface area (Å²) in [5.74, 6) is 2.85. The monoisotopic (exact) mass is 623 g/mol. The van der Waals surface area contributed by atoms with Crippen molar-refractivity contribution in [3.63, 3.8) is 0 Å². The van der Waals surface area contributed by atoms with Crippen LogP contribution in [0.4, 0.5) is 0 Å². The van der Waals surface area contributed by atoms with Gasteiger partial charge in [0.1, 0.15) is 0 Å². The maximum atomic E-state index is 6.79. The Bertz CT molecular complexity index is 1480. The highest BCUT2D eigenvalue weighted by Gasteiger charge is 2.73. The van der Waals surface area contributed by atoms with Crippen LogP contribution in [-0.4, -0.2) is 27.7 Å². The molecule has 0 radical (unpaired) electrons. The highest BCUT2D eigenvalue weighted by atomic mass is 35.5. The van der Waals surface area contributed by atoms with Crippen molar-refractivity contribution >= 4 is 23.2 Å². The number of hydrogen-bond donors (Lipinski definition) is 0. The Morgan fingerprint density at radius 2 is 1.63 bits per heavy atom. The smallest absolute Gasteiger partial charge is 0.0870 e. The summed E-state index contributed by atoms with van der Waals surface area (Å²) in [6, 6.07) is 5.93. The molecular weight excluding hydrogens is 573 g/mol. The summed E-state index contributed by atoms with van der Waals surface area (Å²) in [5.41, 5.74) is 5.36. The van der Waals surface area contributed by atoms with Crippen molar-refractivity contribution in [2.75, 3.05) is 6.61 Å². The molecule has 0 spiro atoms. The molecule has 4 saturated carbocycles. The van der Waals surface area contributed by atoms with E-state index in [0.29, 0.717) is 56.2 Å². The molecule has 2 heterocycles. The van der Waals surface area contributed by atoms with Crippen molar-refractivity contribution in [3.05, 3.63) is 45.2 Å². The van der Waals surface area contributed by atoms with Crippen LogP contribution in [0.5, 0.6) is 0 Å². The van der Waals surface area contributed by atoms with E-state index in [1.807, 2.05) is 12.1 Å². The fourth-order valence-electron chi connectivity index (χ4n) is 13.4. The van der Waals surface area contributed by atoms with Crippen molar-refractivity contribution in [3.8, 4) is 0 Å². The normalized spacial score (nSPS) is 45.4. The minimum absolute atomic E-state index is 0.00188. The second-order valence-corrected chi connectivity index (χ2v) is 18.8. The molecule has 1 aromatic heterocycles. The number of halogens is 2. The maximum absolute atomic E-state index is 6.79. The molecule has 9 atom stereocenters. The molecule has 1 saturated heterocycles. The van der Waals surface area contributed by atoms with Gasteiger partial charge in [0, 0.05) is 5.41 Å². The molecule has 6 aliphatic rings. The maximum Gasteiger partial charge on any atom is 0.0870 e. The van der Waals surface area contributed by atoms with Crippen LogP contribution in [0.3, 0.4) is 0 Å². The summed E-state index contributed by atoms with van der Waals surface area (Å²) in [4.78, 5) is 0. The van der Waals surface area contributed by atoms with E-state index in [2.05, 4.69) is 59.2 Å². The van der Waals surface area contributed by atoms with Crippen LogP contribution in [-0.2, 0) is 23.1 Å². The van der Waals surface area contributed by atoms with Gasteiger partial charge in [-0.2, -0.15) is 0 Å². The minimum Gasteiger partial charge on any atom is -0.377 e. The van der Waals surface area contributed by atoms with Gasteiger partial charge in [0.25, 0.3) is 0 Å². The molecule has 2 bridgehead atoms. The second kappa shape index (κ2) is 9.03. The predicted molar refractivity (Wildman–Crippen MR) is 173 cm³/mol. The SMILES string of the molecule is CC1(C)CC[C@]23CC[C@]4(C)[C@H](CC[C@@H]5[C@@]6(C)Cc7nnn(Cc8ccc(Cl)c(Cl)c8)c7C(C)(C)[C@@H]6CC[C@]54C)[C@H]2[C@H]1OC3. The fourth-order valence-corrected chi connectivity index (χ4v) is 13.7. The molecule has 5 aliphatic carbocycles. The zero-order valence-corrected chi connectivity index (χ0v) is 28.9. The van der Waals surface area contributed by atoms with Crippen molar-refractivity contribution in [2.24, 2.45) is 50.7 Å². The summed E-state index contributed by atoms with van der Waals surface area (Å²) in [6.45, 7) is 19.8. The summed E-state index contributed by atoms with van der Waals surface area (Å²) >= 11 is 12.6. The van der Waals surface area contributed by atoms with E-state index >= 15 is 0 Å². The molecule has 5 fully saturated rings. The van der Waals surface area contributed by atoms with Gasteiger partial charge in [-0.25, -0.2) is 4.68 Å². The lowest BCUT2D eigenvalue weighted by Gasteiger charge is -2.72. The van der Waals surface area contributed by atoms with Gasteiger partial charge in [0.2, 0.25) is 0 Å². The zero-order chi connectivity index (χ0) is 30.4. The molecule has 2 aromatic rings. The summed E-state index contributed by atoms with van der Waals surface area (Å²) < 4.78 is 8.96. The minimum atomic E-state index is -0.00188. The number of rotatable bonds is 2. The Morgan fingerprint density at radius 3 is 2.40 bits per heavy atom. The van der Waals surface area contributed by atoms with Crippen molar-refractivity contribution in [2.45, 2.75) is 124 Å². The van der Waals surface area contributed by atoms with Crippen molar-refractivity contribution in [1.82, 2.24) is 15.0 Å². The first-order chi connectivity index (χ1) is 20.2. The van der Waals surface area contributed by atoms with E-state index in [0.717, 1.165) is 30.4 Å². The molecule has 4 nitrogen and oxygen atoms in total. The third-order valence-corrected chi connectivity index (χ3v) is 16.3. The van der Waals surface area contributed by atoms with Gasteiger partial charge in [0.15, 0.2) is 0 Å². The Kier molecular flexibility index (Phi) is 6.16. The Labute approximate surface area is 269 Å². The van der Waals surface area contributed by atoms with Crippen LogP contribution in [0.15, 0.2) is 18.2 Å². The number of fused-ring (bicyclic) bond motifs is 6. The highest BCUT2D eigenvalue weighted by molar-refractivity contribution is 6.42. The van der Waals surface area contributed by atoms with Crippen LogP contribution >= 0.6 is 23.2 Å². The van der Waals surface area contributed by atoms with Gasteiger partial charge < -0.3 is 4.74 Å². The lowest BCUT2D eigenvalue weighted by atomic mass is 9.31. The van der Waals surface area contributed by atoms with E-state index in [9.17, 15) is 0 Å². The van der Waals surface area contributed by atoms with Crippen molar-refractivity contribution < 1.29 is 4.74 Å². The third kappa shape index (κ3) is 3.67. The molecule has 1 aliphatic heterocycles. The Balaban J connectivity index is 1.15. The van der Waals surface area contributed by atoms with Crippen LogP contribution in [0.1, 0.15) is 117 Å². The summed E-state index contributed by atoms with van der Waals surface area (Å²) in [7, 11) is 0. The topological polar surface area (TPSA) is 39.9 Å². The molecule has 8 rings (SSSR count). The summed E-state index contributed by atoms with van der Waals surface area (Å²) in [6.07, 6.45) is 12.3. The molecule has 0 N–H and O–H groups in total. The predicted octanol–water partition coefficient (Wildman–Crippen LogP) is 9.54. The number of hydrogen-bond acceptors (Lipinski definition) is 3. The molecule has 0 unspecified atom stereocenters. The first kappa shape index (κ1) is 29.3. The number of nitrogens with zero attached hydrogens (tertiary/aromatic N) is 3. The first-order valence-electron chi connectivity index (χ1n) is 17.1. The lowest BCUT2D eigenvalue weighted by molar-refractivity contribution is -0.233. The zero-order valence-electron chi connectivity index (χ0n) is 27.4. The number of aromatic nitrogens is 3. The van der Waals surface area contributed by atoms with Gasteiger partial charge in [-0.1, -0.05) is 82.9 Å². The highest BCUT2D eigenvalue weighted by Crippen LogP contribution is 2.77. The molecule has 43 heavy (non-hydrogen) atoms. The van der Waals surface area contributed by atoms with Gasteiger partial charge in [0.05, 0.1) is 40.7 Å². The quantitative estimate of drug-likeness (QED) is 0.334. The Hall–Kier alpha value is -1.10. The lowest BCUT2D eigenvalue weighted by Crippen LogP contribution is -2.67. The Morgan fingerprint density at radius 1 is 0.860 bits per heavy atom. The number of ether oxygens (including phenoxy) is 1. The van der Waals surface area contributed by atoms with Gasteiger partial charge in [-0.3, -0.25) is 0 Å². The van der Waals surface area contributed by atoms with E-state index in [4.69, 9.17) is 38.3 Å². The number of benzene rings is 1. The standard InChI is InChI=1S/C37H51Cl2N3O/c1-32(2)14-16-37-17-15-35(6)23(29(37)31(32)43-21-37)9-11-28-34(5)19-26-30(33(3,4)27(34)12-13-36(28,35)7)42(41-40-26)20-22-8-10-24(38)25(39)18-22/h8,10,18,23,27-29,31H,9,11-17,19-21H2,1-7H3/t23-,27+,28-,29+,31-,34+,35-,36-,37-/m1/s1. The summed E-state index contributed by atoms with van der Waals surface area (Å²) in [5, 5.41) is 10.9. The molecule has 234 valence electrons. The van der Waals surface area contributed by atoms with Crippen LogP contribution in [0, 0.1) is 50.7 Å². The van der Waals surface area contributed by atoms with Gasteiger partial charge in [-0.05, 0) is 126 Å². The molecule has 6 heteroatoms. The fraction of sp³-hybridized carbons (Fsp3) is 0.784. The van der Waals surface area contributed by atoms with E-state index in [1.165, 1.54) is 62.8 Å². The third-order valence-electron chi connectivity index (χ3n) is 15.6. The van der Waals surface area contributed by atoms with E-state index in [1.54, 1.807) is 0 Å². The van der Waals surface area contributed by atoms with Crippen molar-refractivity contribution in [1.29, 1.82) is 0 Å². The molecular formula is C37H51Cl2N3O. The van der Waals surface area contributed by atoms with E-state index in [-0.39, 0.29) is 10.8 Å². The van der Waals surface area contributed by atoms with Crippen LogP contribution < -0.4 is 0 Å². The molecule has 0 amide bonds. The van der Waals surface area contributed by atoms with Gasteiger partial charge in [-0.15, -0.1) is 5.10 Å². The van der Waals surface area contributed by atoms with E-state index < -0.39 is 0 Å². The van der Waals surface area contributed by atoms with Gasteiger partial charge >= 0.3 is 0 Å².